The lowest BCUT2D eigenvalue weighted by Gasteiger charge is -2.19. The number of hydrogen-bond acceptors (Lipinski definition) is 9. The molecule has 0 aromatic heterocycles. The number of benzene rings is 2. The Morgan fingerprint density at radius 3 is 2.30 bits per heavy atom. The van der Waals surface area contributed by atoms with Crippen LogP contribution in [0.25, 0.3) is 6.08 Å². The number of amides is 1. The van der Waals surface area contributed by atoms with Gasteiger partial charge in [0.2, 0.25) is 5.75 Å². The highest BCUT2D eigenvalue weighted by Crippen LogP contribution is 2.40. The molecule has 0 radical (unpaired) electrons. The van der Waals surface area contributed by atoms with Gasteiger partial charge in [0.1, 0.15) is 30.5 Å². The van der Waals surface area contributed by atoms with E-state index in [4.69, 9.17) is 23.7 Å². The second-order valence-electron chi connectivity index (χ2n) is 6.58. The molecule has 0 aliphatic carbocycles. The van der Waals surface area contributed by atoms with Gasteiger partial charge in [0.15, 0.2) is 23.0 Å². The maximum absolute atomic E-state index is 12.8. The van der Waals surface area contributed by atoms with Crippen LogP contribution in [0.5, 0.6) is 28.7 Å². The van der Waals surface area contributed by atoms with Gasteiger partial charge in [0, 0.05) is 6.07 Å². The van der Waals surface area contributed by atoms with Crippen molar-refractivity contribution in [2.75, 3.05) is 39.4 Å². The molecule has 1 aliphatic heterocycles. The van der Waals surface area contributed by atoms with Crippen LogP contribution >= 0.6 is 0 Å². The van der Waals surface area contributed by atoms with Crippen LogP contribution in [0, 0.1) is 21.4 Å². The summed E-state index contributed by atoms with van der Waals surface area (Å²) in [4.78, 5) is 23.6. The number of nitrogens with one attached hydrogen (secondary N) is 1. The van der Waals surface area contributed by atoms with Gasteiger partial charge in [-0.15, -0.1) is 0 Å². The third-order valence-electron chi connectivity index (χ3n) is 4.55. The van der Waals surface area contributed by atoms with E-state index >= 15 is 0 Å². The molecule has 0 unspecified atom stereocenters. The zero-order valence-electron chi connectivity index (χ0n) is 18.2. The van der Waals surface area contributed by atoms with E-state index in [1.165, 1.54) is 32.4 Å². The SMILES string of the molecule is CCOc1c(OC)cc(/C=C(/C#N)C(=O)Nc2cc3c(cc2[N+](=O)[O-])OCCO3)cc1OC. The highest BCUT2D eigenvalue weighted by Gasteiger charge is 2.24. The van der Waals surface area contributed by atoms with Crippen molar-refractivity contribution in [3.05, 3.63) is 45.5 Å². The predicted molar refractivity (Wildman–Crippen MR) is 117 cm³/mol. The third kappa shape index (κ3) is 5.07. The molecular formula is C22H21N3O8. The second-order valence-corrected chi connectivity index (χ2v) is 6.58. The molecule has 0 atom stereocenters. The average molecular weight is 455 g/mol. The van der Waals surface area contributed by atoms with Gasteiger partial charge >= 0.3 is 0 Å². The van der Waals surface area contributed by atoms with Crippen molar-refractivity contribution in [3.8, 4) is 34.8 Å². The van der Waals surface area contributed by atoms with Crippen molar-refractivity contribution in [2.24, 2.45) is 0 Å². The molecule has 11 nitrogen and oxygen atoms in total. The number of nitriles is 1. The number of nitrogens with zero attached hydrogens (tertiary/aromatic N) is 2. The van der Waals surface area contributed by atoms with Gasteiger partial charge in [-0.25, -0.2) is 0 Å². The van der Waals surface area contributed by atoms with Crippen molar-refractivity contribution in [1.29, 1.82) is 5.26 Å². The summed E-state index contributed by atoms with van der Waals surface area (Å²) in [6.07, 6.45) is 1.31. The zero-order chi connectivity index (χ0) is 24.0. The maximum Gasteiger partial charge on any atom is 0.296 e. The quantitative estimate of drug-likeness (QED) is 0.274. The summed E-state index contributed by atoms with van der Waals surface area (Å²) in [6, 6.07) is 7.42. The summed E-state index contributed by atoms with van der Waals surface area (Å²) in [7, 11) is 2.90. The van der Waals surface area contributed by atoms with Crippen molar-refractivity contribution in [2.45, 2.75) is 6.92 Å². The van der Waals surface area contributed by atoms with Gasteiger partial charge in [0.25, 0.3) is 11.6 Å². The number of hydrogen-bond donors (Lipinski definition) is 1. The van der Waals surface area contributed by atoms with E-state index < -0.39 is 16.5 Å². The monoisotopic (exact) mass is 455 g/mol. The Kier molecular flexibility index (Phi) is 7.20. The lowest BCUT2D eigenvalue weighted by molar-refractivity contribution is -0.384. The number of methoxy groups -OCH3 is 2. The molecule has 0 saturated heterocycles. The molecule has 2 aromatic carbocycles. The molecule has 1 amide bonds. The maximum atomic E-state index is 12.8. The van der Waals surface area contributed by atoms with Gasteiger partial charge < -0.3 is 29.0 Å². The van der Waals surface area contributed by atoms with Gasteiger partial charge in [-0.1, -0.05) is 0 Å². The predicted octanol–water partition coefficient (Wildman–Crippen LogP) is 3.33. The minimum atomic E-state index is -0.843. The molecule has 2 aromatic rings. The zero-order valence-corrected chi connectivity index (χ0v) is 18.2. The number of rotatable bonds is 8. The molecule has 11 heteroatoms. The third-order valence-corrected chi connectivity index (χ3v) is 4.55. The Hall–Kier alpha value is -4.46. The van der Waals surface area contributed by atoms with Crippen LogP contribution in [0.1, 0.15) is 12.5 Å². The first-order valence-electron chi connectivity index (χ1n) is 9.81. The minimum absolute atomic E-state index is 0.128. The van der Waals surface area contributed by atoms with Gasteiger partial charge in [0.05, 0.1) is 31.8 Å². The molecule has 0 saturated carbocycles. The molecule has 1 N–H and O–H groups in total. The van der Waals surface area contributed by atoms with E-state index in [1.807, 2.05) is 6.92 Å². The first kappa shape index (κ1) is 23.2. The molecule has 0 spiro atoms. The summed E-state index contributed by atoms with van der Waals surface area (Å²) < 4.78 is 27.0. The Morgan fingerprint density at radius 1 is 1.18 bits per heavy atom. The smallest absolute Gasteiger partial charge is 0.296 e. The van der Waals surface area contributed by atoms with Crippen molar-refractivity contribution < 1.29 is 33.4 Å². The molecule has 1 aliphatic rings. The normalized spacial score (nSPS) is 12.4. The highest BCUT2D eigenvalue weighted by molar-refractivity contribution is 6.10. The Balaban J connectivity index is 1.96. The first-order valence-corrected chi connectivity index (χ1v) is 9.81. The number of fused-ring (bicyclic) bond motifs is 1. The van der Waals surface area contributed by atoms with Crippen molar-refractivity contribution in [1.82, 2.24) is 0 Å². The summed E-state index contributed by atoms with van der Waals surface area (Å²) in [5.74, 6) is 0.699. The largest absolute Gasteiger partial charge is 0.493 e. The number of nitro groups is 1. The number of anilines is 1. The van der Waals surface area contributed by atoms with E-state index in [9.17, 15) is 20.2 Å². The molecule has 172 valence electrons. The standard InChI is InChI=1S/C22H21N3O8/c1-4-31-21-19(29-2)8-13(9-20(21)30-3)7-14(12-23)22(26)24-15-10-17-18(33-6-5-32-17)11-16(15)25(27)28/h7-11H,4-6H2,1-3H3,(H,24,26)/b14-7-. The summed E-state index contributed by atoms with van der Waals surface area (Å²) in [5.41, 5.74) is -0.394. The molecule has 3 rings (SSSR count). The lowest BCUT2D eigenvalue weighted by Crippen LogP contribution is -2.18. The van der Waals surface area contributed by atoms with Gasteiger partial charge in [-0.2, -0.15) is 5.26 Å². The van der Waals surface area contributed by atoms with Crippen molar-refractivity contribution >= 4 is 23.4 Å². The van der Waals surface area contributed by atoms with E-state index in [0.29, 0.717) is 29.4 Å². The molecule has 1 heterocycles. The van der Waals surface area contributed by atoms with E-state index in [-0.39, 0.29) is 36.0 Å². The topological polar surface area (TPSA) is 142 Å². The molecule has 33 heavy (non-hydrogen) atoms. The van der Waals surface area contributed by atoms with Crippen LogP contribution < -0.4 is 29.0 Å². The summed E-state index contributed by atoms with van der Waals surface area (Å²) in [5, 5.41) is 23.4. The number of carbonyl (C=O) groups excluding carboxylic acids is 1. The first-order chi connectivity index (χ1) is 15.9. The summed E-state index contributed by atoms with van der Waals surface area (Å²) in [6.45, 7) is 2.71. The Bertz CT molecular complexity index is 1130. The number of ether oxygens (including phenoxy) is 5. The van der Waals surface area contributed by atoms with E-state index in [2.05, 4.69) is 5.32 Å². The lowest BCUT2D eigenvalue weighted by atomic mass is 10.1. The van der Waals surface area contributed by atoms with Gasteiger partial charge in [-0.3, -0.25) is 14.9 Å². The number of carbonyl (C=O) groups is 1. The van der Waals surface area contributed by atoms with E-state index in [0.717, 1.165) is 0 Å². The van der Waals surface area contributed by atoms with Crippen LogP contribution in [0.15, 0.2) is 29.8 Å². The van der Waals surface area contributed by atoms with Gasteiger partial charge in [-0.05, 0) is 30.7 Å². The molecular weight excluding hydrogens is 434 g/mol. The average Bonchev–Trinajstić information content (AvgIpc) is 2.82. The van der Waals surface area contributed by atoms with Crippen LogP contribution in [0.4, 0.5) is 11.4 Å². The Labute approximate surface area is 189 Å². The Morgan fingerprint density at radius 2 is 1.79 bits per heavy atom. The summed E-state index contributed by atoms with van der Waals surface area (Å²) >= 11 is 0. The molecule has 0 fully saturated rings. The van der Waals surface area contributed by atoms with Crippen LogP contribution in [0.2, 0.25) is 0 Å². The van der Waals surface area contributed by atoms with E-state index in [1.54, 1.807) is 18.2 Å². The number of nitro benzene ring substituents is 1. The fourth-order valence-corrected chi connectivity index (χ4v) is 3.10. The van der Waals surface area contributed by atoms with Crippen LogP contribution in [-0.2, 0) is 4.79 Å². The fourth-order valence-electron chi connectivity index (χ4n) is 3.10. The molecule has 0 bridgehead atoms. The van der Waals surface area contributed by atoms with Crippen molar-refractivity contribution in [3.63, 3.8) is 0 Å². The highest BCUT2D eigenvalue weighted by atomic mass is 16.6. The van der Waals surface area contributed by atoms with Crippen LogP contribution in [-0.4, -0.2) is 44.9 Å². The fraction of sp³-hybridized carbons (Fsp3) is 0.273. The van der Waals surface area contributed by atoms with Crippen LogP contribution in [0.3, 0.4) is 0 Å². The second kappa shape index (κ2) is 10.2. The minimum Gasteiger partial charge on any atom is -0.493 e.